The van der Waals surface area contributed by atoms with Crippen LogP contribution in [0.5, 0.6) is 11.6 Å². The molecule has 2 aromatic carbocycles. The fourth-order valence-electron chi connectivity index (χ4n) is 3.91. The molecule has 0 aliphatic rings. The highest BCUT2D eigenvalue weighted by molar-refractivity contribution is 5.43. The van der Waals surface area contributed by atoms with Gasteiger partial charge >= 0.3 is 0 Å². The summed E-state index contributed by atoms with van der Waals surface area (Å²) in [6, 6.07) is 15.8. The van der Waals surface area contributed by atoms with Gasteiger partial charge in [0.1, 0.15) is 11.6 Å². The Labute approximate surface area is 213 Å². The number of ether oxygens (including phenoxy) is 3. The van der Waals surface area contributed by atoms with Gasteiger partial charge in [-0.2, -0.15) is 5.10 Å². The number of halogens is 1. The summed E-state index contributed by atoms with van der Waals surface area (Å²) < 4.78 is 32.9. The van der Waals surface area contributed by atoms with E-state index in [1.54, 1.807) is 23.9 Å². The van der Waals surface area contributed by atoms with Crippen molar-refractivity contribution < 1.29 is 23.7 Å². The van der Waals surface area contributed by atoms with Crippen LogP contribution in [0.2, 0.25) is 0 Å². The molecule has 8 heteroatoms. The average Bonchev–Trinajstić information content (AvgIpc) is 3.22. The van der Waals surface area contributed by atoms with E-state index in [-0.39, 0.29) is 12.4 Å². The zero-order valence-corrected chi connectivity index (χ0v) is 21.5. The van der Waals surface area contributed by atoms with Gasteiger partial charge in [0.05, 0.1) is 36.3 Å². The van der Waals surface area contributed by atoms with Crippen molar-refractivity contribution in [1.29, 1.82) is 0 Å². The molecule has 1 atom stereocenters. The Bertz CT molecular complexity index is 1040. The lowest BCUT2D eigenvalue weighted by atomic mass is 10.1. The van der Waals surface area contributed by atoms with Gasteiger partial charge in [0.15, 0.2) is 0 Å². The van der Waals surface area contributed by atoms with Crippen LogP contribution in [0.25, 0.3) is 5.69 Å². The minimum Gasteiger partial charge on any atom is -0.438 e. The largest absolute Gasteiger partial charge is 0.438 e. The number of hydrogen-bond donors (Lipinski definition) is 1. The van der Waals surface area contributed by atoms with Gasteiger partial charge in [-0.1, -0.05) is 44.5 Å². The molecule has 1 N–H and O–H groups in total. The Kier molecular flexibility index (Phi) is 11.4. The molecular formula is C28H38FN3O4. The van der Waals surface area contributed by atoms with Crippen molar-refractivity contribution in [2.75, 3.05) is 40.0 Å². The highest BCUT2D eigenvalue weighted by atomic mass is 19.1. The molecule has 0 saturated carbocycles. The molecule has 0 unspecified atom stereocenters. The van der Waals surface area contributed by atoms with Crippen molar-refractivity contribution in [3.8, 4) is 17.3 Å². The lowest BCUT2D eigenvalue weighted by Gasteiger charge is -2.25. The van der Waals surface area contributed by atoms with Gasteiger partial charge in [-0.05, 0) is 37.1 Å². The second kappa shape index (κ2) is 14.7. The number of para-hydroxylation sites is 1. The van der Waals surface area contributed by atoms with Crippen molar-refractivity contribution in [3.05, 3.63) is 71.7 Å². The van der Waals surface area contributed by atoms with Gasteiger partial charge < -0.3 is 19.3 Å². The predicted molar refractivity (Wildman–Crippen MR) is 138 cm³/mol. The fourth-order valence-corrected chi connectivity index (χ4v) is 3.91. The quantitative estimate of drug-likeness (QED) is 0.280. The number of methoxy groups -OCH3 is 1. The first-order valence-electron chi connectivity index (χ1n) is 12.6. The van der Waals surface area contributed by atoms with E-state index in [4.69, 9.17) is 19.3 Å². The number of nitrogens with zero attached hydrogens (tertiary/aromatic N) is 3. The molecule has 0 saturated heterocycles. The minimum atomic E-state index is -0.638. The van der Waals surface area contributed by atoms with E-state index in [2.05, 4.69) is 11.8 Å². The third-order valence-electron chi connectivity index (χ3n) is 5.78. The fraction of sp³-hybridized carbons (Fsp3) is 0.464. The van der Waals surface area contributed by atoms with Crippen molar-refractivity contribution in [2.45, 2.75) is 45.8 Å². The normalized spacial score (nSPS) is 12.3. The summed E-state index contributed by atoms with van der Waals surface area (Å²) >= 11 is 0. The molecule has 3 aromatic rings. The number of hydrogen-bond acceptors (Lipinski definition) is 6. The van der Waals surface area contributed by atoms with E-state index >= 15 is 0 Å². The summed E-state index contributed by atoms with van der Waals surface area (Å²) in [6.45, 7) is 7.09. The molecule has 0 radical (unpaired) electrons. The van der Waals surface area contributed by atoms with Crippen LogP contribution in [-0.4, -0.2) is 65.9 Å². The first-order valence-corrected chi connectivity index (χ1v) is 12.6. The van der Waals surface area contributed by atoms with E-state index in [9.17, 15) is 9.50 Å². The van der Waals surface area contributed by atoms with Crippen molar-refractivity contribution in [3.63, 3.8) is 0 Å². The van der Waals surface area contributed by atoms with Crippen LogP contribution >= 0.6 is 0 Å². The lowest BCUT2D eigenvalue weighted by molar-refractivity contribution is 0.0100. The smallest absolute Gasteiger partial charge is 0.227 e. The number of unbranched alkanes of at least 4 members (excludes halogenated alkanes) is 1. The topological polar surface area (TPSA) is 69.0 Å². The van der Waals surface area contributed by atoms with E-state index < -0.39 is 6.10 Å². The summed E-state index contributed by atoms with van der Waals surface area (Å²) in [5.74, 6) is 0.548. The third kappa shape index (κ3) is 8.13. The summed E-state index contributed by atoms with van der Waals surface area (Å²) in [4.78, 5) is 2.11. The van der Waals surface area contributed by atoms with Gasteiger partial charge in [-0.25, -0.2) is 9.07 Å². The summed E-state index contributed by atoms with van der Waals surface area (Å²) in [5, 5.41) is 15.5. The average molecular weight is 500 g/mol. The number of rotatable bonds is 16. The zero-order chi connectivity index (χ0) is 25.8. The molecule has 196 valence electrons. The Morgan fingerprint density at radius 2 is 1.89 bits per heavy atom. The highest BCUT2D eigenvalue weighted by Gasteiger charge is 2.24. The Hall–Kier alpha value is -2.78. The molecule has 0 aliphatic heterocycles. The Morgan fingerprint density at radius 1 is 1.08 bits per heavy atom. The summed E-state index contributed by atoms with van der Waals surface area (Å²) in [6.07, 6.45) is 2.07. The minimum absolute atomic E-state index is 0.278. The van der Waals surface area contributed by atoms with Crippen molar-refractivity contribution >= 4 is 0 Å². The van der Waals surface area contributed by atoms with Gasteiger partial charge in [-0.3, -0.25) is 4.90 Å². The zero-order valence-electron chi connectivity index (χ0n) is 21.5. The lowest BCUT2D eigenvalue weighted by Crippen LogP contribution is -2.36. The molecule has 7 nitrogen and oxygen atoms in total. The molecular weight excluding hydrogens is 461 g/mol. The molecule has 36 heavy (non-hydrogen) atoms. The molecule has 1 aromatic heterocycles. The highest BCUT2D eigenvalue weighted by Crippen LogP contribution is 2.32. The summed E-state index contributed by atoms with van der Waals surface area (Å²) in [5.41, 5.74) is 2.61. The molecule has 0 fully saturated rings. The van der Waals surface area contributed by atoms with Crippen LogP contribution in [0.4, 0.5) is 4.39 Å². The Morgan fingerprint density at radius 3 is 2.58 bits per heavy atom. The predicted octanol–water partition coefficient (Wildman–Crippen LogP) is 4.99. The maximum Gasteiger partial charge on any atom is 0.227 e. The molecule has 0 aliphatic carbocycles. The standard InChI is InChI=1S/C28H38FN3O4/c1-4-6-16-35-21-24(33)19-31(15-17-34-3)20-26-27(5-2)30-32(23-12-8-7-9-13-23)28(26)36-25-14-10-11-22(29)18-25/h7-14,18,24,33H,4-6,15-17,19-21H2,1-3H3/t24-/m0/s1. The monoisotopic (exact) mass is 499 g/mol. The van der Waals surface area contributed by atoms with E-state index in [1.165, 1.54) is 12.1 Å². The third-order valence-corrected chi connectivity index (χ3v) is 5.78. The van der Waals surface area contributed by atoms with Gasteiger partial charge in [0.25, 0.3) is 0 Å². The SMILES string of the molecule is CCCCOC[C@@H](O)CN(CCOC)Cc1c(CC)nn(-c2ccccc2)c1Oc1cccc(F)c1. The van der Waals surface area contributed by atoms with Crippen LogP contribution in [0.3, 0.4) is 0 Å². The second-order valence-electron chi connectivity index (χ2n) is 8.70. The second-order valence-corrected chi connectivity index (χ2v) is 8.70. The van der Waals surface area contributed by atoms with Crippen LogP contribution in [0.1, 0.15) is 37.9 Å². The first kappa shape index (κ1) is 27.8. The maximum absolute atomic E-state index is 13.9. The first-order chi connectivity index (χ1) is 17.5. The Balaban J connectivity index is 1.92. The van der Waals surface area contributed by atoms with Gasteiger partial charge in [0.2, 0.25) is 5.88 Å². The summed E-state index contributed by atoms with van der Waals surface area (Å²) in [7, 11) is 1.66. The number of aliphatic hydroxyl groups excluding tert-OH is 1. The van der Waals surface area contributed by atoms with Crippen LogP contribution in [0, 0.1) is 5.82 Å². The molecule has 0 amide bonds. The maximum atomic E-state index is 13.9. The van der Waals surface area contributed by atoms with Crippen LogP contribution in [-0.2, 0) is 22.4 Å². The van der Waals surface area contributed by atoms with E-state index in [0.29, 0.717) is 50.9 Å². The van der Waals surface area contributed by atoms with Crippen molar-refractivity contribution in [2.24, 2.45) is 0 Å². The van der Waals surface area contributed by atoms with Crippen LogP contribution < -0.4 is 4.74 Å². The van der Waals surface area contributed by atoms with E-state index in [1.807, 2.05) is 37.3 Å². The molecule has 3 rings (SSSR count). The number of aliphatic hydroxyl groups is 1. The van der Waals surface area contributed by atoms with Gasteiger partial charge in [0, 0.05) is 39.4 Å². The molecule has 0 spiro atoms. The van der Waals surface area contributed by atoms with Crippen molar-refractivity contribution in [1.82, 2.24) is 14.7 Å². The number of aromatic nitrogens is 2. The number of benzene rings is 2. The van der Waals surface area contributed by atoms with E-state index in [0.717, 1.165) is 29.8 Å². The molecule has 1 heterocycles. The molecule has 0 bridgehead atoms. The van der Waals surface area contributed by atoms with Crippen LogP contribution in [0.15, 0.2) is 54.6 Å². The number of aryl methyl sites for hydroxylation is 1. The van der Waals surface area contributed by atoms with Gasteiger partial charge in [-0.15, -0.1) is 0 Å².